The van der Waals surface area contributed by atoms with Crippen LogP contribution >= 0.6 is 22.6 Å². The van der Waals surface area contributed by atoms with Crippen molar-refractivity contribution >= 4 is 28.3 Å². The van der Waals surface area contributed by atoms with Crippen LogP contribution in [0.5, 0.6) is 0 Å². The summed E-state index contributed by atoms with van der Waals surface area (Å²) in [6.45, 7) is 2.37. The molecule has 1 aliphatic heterocycles. The molecule has 1 saturated heterocycles. The number of hydrogen-bond acceptors (Lipinski definition) is 2. The van der Waals surface area contributed by atoms with Gasteiger partial charge in [-0.2, -0.15) is 0 Å². The van der Waals surface area contributed by atoms with Gasteiger partial charge in [0.1, 0.15) is 0 Å². The van der Waals surface area contributed by atoms with Gasteiger partial charge >= 0.3 is 0 Å². The SMILES string of the molecule is CN(C)C1CCN(c2ccc(I)cc2)CC1. The molecule has 1 aromatic rings. The first kappa shape index (κ1) is 12.2. The number of benzene rings is 1. The molecule has 2 nitrogen and oxygen atoms in total. The zero-order valence-corrected chi connectivity index (χ0v) is 12.1. The normalized spacial score (nSPS) is 18.1. The van der Waals surface area contributed by atoms with Crippen molar-refractivity contribution in [1.29, 1.82) is 0 Å². The van der Waals surface area contributed by atoms with Crippen molar-refractivity contribution in [3.63, 3.8) is 0 Å². The van der Waals surface area contributed by atoms with Gasteiger partial charge < -0.3 is 9.80 Å². The molecule has 1 aromatic carbocycles. The molecule has 0 amide bonds. The van der Waals surface area contributed by atoms with Gasteiger partial charge in [-0.15, -0.1) is 0 Å². The topological polar surface area (TPSA) is 6.48 Å². The molecule has 0 bridgehead atoms. The highest BCUT2D eigenvalue weighted by molar-refractivity contribution is 14.1. The van der Waals surface area contributed by atoms with Crippen molar-refractivity contribution in [2.75, 3.05) is 32.1 Å². The number of anilines is 1. The monoisotopic (exact) mass is 330 g/mol. The van der Waals surface area contributed by atoms with Crippen LogP contribution in [0.2, 0.25) is 0 Å². The second kappa shape index (κ2) is 5.36. The average molecular weight is 330 g/mol. The molecule has 1 aliphatic rings. The lowest BCUT2D eigenvalue weighted by Gasteiger charge is -2.36. The smallest absolute Gasteiger partial charge is 0.0366 e. The Balaban J connectivity index is 1.96. The van der Waals surface area contributed by atoms with Crippen LogP contribution in [0.15, 0.2) is 24.3 Å². The van der Waals surface area contributed by atoms with Gasteiger partial charge in [0.2, 0.25) is 0 Å². The summed E-state index contributed by atoms with van der Waals surface area (Å²) in [7, 11) is 4.37. The molecule has 88 valence electrons. The van der Waals surface area contributed by atoms with Crippen LogP contribution < -0.4 is 4.90 Å². The highest BCUT2D eigenvalue weighted by Crippen LogP contribution is 2.22. The minimum Gasteiger partial charge on any atom is -0.371 e. The first-order chi connectivity index (χ1) is 7.66. The molecule has 1 fully saturated rings. The Morgan fingerprint density at radius 3 is 2.19 bits per heavy atom. The van der Waals surface area contributed by atoms with Gasteiger partial charge in [0.05, 0.1) is 0 Å². The van der Waals surface area contributed by atoms with E-state index >= 15 is 0 Å². The highest BCUT2D eigenvalue weighted by atomic mass is 127. The summed E-state index contributed by atoms with van der Waals surface area (Å²) < 4.78 is 1.31. The lowest BCUT2D eigenvalue weighted by Crippen LogP contribution is -2.41. The van der Waals surface area contributed by atoms with Gasteiger partial charge in [-0.25, -0.2) is 0 Å². The van der Waals surface area contributed by atoms with Gasteiger partial charge in [0.15, 0.2) is 0 Å². The van der Waals surface area contributed by atoms with Gasteiger partial charge in [-0.1, -0.05) is 0 Å². The summed E-state index contributed by atoms with van der Waals surface area (Å²) >= 11 is 2.35. The summed E-state index contributed by atoms with van der Waals surface area (Å²) in [6, 6.07) is 9.61. The van der Waals surface area contributed by atoms with Crippen LogP contribution in [0, 0.1) is 3.57 Å². The lowest BCUT2D eigenvalue weighted by atomic mass is 10.0. The number of hydrogen-bond donors (Lipinski definition) is 0. The molecule has 0 aromatic heterocycles. The first-order valence-corrected chi connectivity index (χ1v) is 6.91. The summed E-state index contributed by atoms with van der Waals surface area (Å²) in [4.78, 5) is 4.85. The van der Waals surface area contributed by atoms with E-state index < -0.39 is 0 Å². The molecule has 0 saturated carbocycles. The molecule has 1 heterocycles. The molecule has 0 N–H and O–H groups in total. The van der Waals surface area contributed by atoms with E-state index in [9.17, 15) is 0 Å². The van der Waals surface area contributed by atoms with E-state index in [2.05, 4.69) is 70.8 Å². The molecule has 3 heteroatoms. The fraction of sp³-hybridized carbons (Fsp3) is 0.538. The Morgan fingerprint density at radius 2 is 1.69 bits per heavy atom. The van der Waals surface area contributed by atoms with Crippen molar-refractivity contribution in [2.24, 2.45) is 0 Å². The Morgan fingerprint density at radius 1 is 1.12 bits per heavy atom. The Labute approximate surface area is 112 Å². The number of piperidine rings is 1. The first-order valence-electron chi connectivity index (χ1n) is 5.84. The summed E-state index contributed by atoms with van der Waals surface area (Å²) in [5.41, 5.74) is 1.37. The van der Waals surface area contributed by atoms with E-state index in [-0.39, 0.29) is 0 Å². The predicted octanol–water partition coefficient (Wildman–Crippen LogP) is 2.82. The summed E-state index contributed by atoms with van der Waals surface area (Å²) in [5, 5.41) is 0. The largest absolute Gasteiger partial charge is 0.371 e. The summed E-state index contributed by atoms with van der Waals surface area (Å²) in [5.74, 6) is 0. The molecular weight excluding hydrogens is 311 g/mol. The maximum Gasteiger partial charge on any atom is 0.0366 e. The third-order valence-electron chi connectivity index (χ3n) is 3.39. The maximum absolute atomic E-state index is 2.50. The minimum absolute atomic E-state index is 0.764. The van der Waals surface area contributed by atoms with Gasteiger partial charge in [0, 0.05) is 28.4 Å². The second-order valence-electron chi connectivity index (χ2n) is 4.66. The highest BCUT2D eigenvalue weighted by Gasteiger charge is 2.20. The van der Waals surface area contributed by atoms with E-state index in [1.807, 2.05) is 0 Å². The molecule has 0 unspecified atom stereocenters. The molecule has 0 aliphatic carbocycles. The molecular formula is C13H19IN2. The van der Waals surface area contributed by atoms with Crippen LogP contribution in [-0.2, 0) is 0 Å². The van der Waals surface area contributed by atoms with Crippen molar-refractivity contribution in [1.82, 2.24) is 4.90 Å². The quantitative estimate of drug-likeness (QED) is 0.770. The average Bonchev–Trinajstić information content (AvgIpc) is 2.30. The van der Waals surface area contributed by atoms with Crippen molar-refractivity contribution in [2.45, 2.75) is 18.9 Å². The molecule has 0 atom stereocenters. The van der Waals surface area contributed by atoms with E-state index in [4.69, 9.17) is 0 Å². The van der Waals surface area contributed by atoms with Crippen LogP contribution in [0.4, 0.5) is 5.69 Å². The zero-order chi connectivity index (χ0) is 11.5. The minimum atomic E-state index is 0.764. The number of rotatable bonds is 2. The van der Waals surface area contributed by atoms with E-state index in [1.54, 1.807) is 0 Å². The number of nitrogens with zero attached hydrogens (tertiary/aromatic N) is 2. The van der Waals surface area contributed by atoms with E-state index in [0.29, 0.717) is 0 Å². The third-order valence-corrected chi connectivity index (χ3v) is 4.11. The fourth-order valence-electron chi connectivity index (χ4n) is 2.29. The Kier molecular flexibility index (Phi) is 4.08. The van der Waals surface area contributed by atoms with Crippen molar-refractivity contribution < 1.29 is 0 Å². The molecule has 2 rings (SSSR count). The molecule has 0 radical (unpaired) electrons. The summed E-state index contributed by atoms with van der Waals surface area (Å²) in [6.07, 6.45) is 2.55. The lowest BCUT2D eigenvalue weighted by molar-refractivity contribution is 0.249. The van der Waals surface area contributed by atoms with E-state index in [1.165, 1.54) is 35.2 Å². The van der Waals surface area contributed by atoms with Gasteiger partial charge in [-0.3, -0.25) is 0 Å². The maximum atomic E-state index is 2.50. The van der Waals surface area contributed by atoms with Crippen LogP contribution in [0.25, 0.3) is 0 Å². The molecule has 0 spiro atoms. The zero-order valence-electron chi connectivity index (χ0n) is 9.99. The molecule has 16 heavy (non-hydrogen) atoms. The van der Waals surface area contributed by atoms with Crippen LogP contribution in [0.1, 0.15) is 12.8 Å². The standard InChI is InChI=1S/C13H19IN2/c1-15(2)12-7-9-16(10-8-12)13-5-3-11(14)4-6-13/h3-6,12H,7-10H2,1-2H3. The van der Waals surface area contributed by atoms with Crippen LogP contribution in [-0.4, -0.2) is 38.1 Å². The Hall–Kier alpha value is -0.290. The third kappa shape index (κ3) is 2.88. The van der Waals surface area contributed by atoms with Crippen LogP contribution in [0.3, 0.4) is 0 Å². The van der Waals surface area contributed by atoms with Crippen molar-refractivity contribution in [3.05, 3.63) is 27.8 Å². The van der Waals surface area contributed by atoms with Gasteiger partial charge in [0.25, 0.3) is 0 Å². The van der Waals surface area contributed by atoms with Gasteiger partial charge in [-0.05, 0) is 73.8 Å². The second-order valence-corrected chi connectivity index (χ2v) is 5.90. The number of halogens is 1. The fourth-order valence-corrected chi connectivity index (χ4v) is 2.65. The Bertz CT molecular complexity index is 326. The predicted molar refractivity (Wildman–Crippen MR) is 78.1 cm³/mol. The van der Waals surface area contributed by atoms with Crippen molar-refractivity contribution in [3.8, 4) is 0 Å². The van der Waals surface area contributed by atoms with E-state index in [0.717, 1.165) is 6.04 Å².